The second-order valence-electron chi connectivity index (χ2n) is 7.60. The van der Waals surface area contributed by atoms with Crippen LogP contribution in [0.25, 0.3) is 6.08 Å². The van der Waals surface area contributed by atoms with Gasteiger partial charge in [-0.3, -0.25) is 9.48 Å². The maximum atomic E-state index is 12.7. The molecule has 1 aromatic heterocycles. The SMILES string of the molecule is COc1ccc(/C=C/C(=O)c2c(C)nn(C)c2C)cc1COc1cc(C)c(Cl)c(C)c1. The van der Waals surface area contributed by atoms with Crippen molar-refractivity contribution in [2.24, 2.45) is 7.05 Å². The van der Waals surface area contributed by atoms with E-state index in [0.717, 1.165) is 50.2 Å². The van der Waals surface area contributed by atoms with Gasteiger partial charge in [0.25, 0.3) is 0 Å². The fourth-order valence-corrected chi connectivity index (χ4v) is 3.66. The van der Waals surface area contributed by atoms with Gasteiger partial charge >= 0.3 is 0 Å². The summed E-state index contributed by atoms with van der Waals surface area (Å²) < 4.78 is 13.2. The largest absolute Gasteiger partial charge is 0.496 e. The lowest BCUT2D eigenvalue weighted by Gasteiger charge is -2.13. The minimum atomic E-state index is -0.0659. The van der Waals surface area contributed by atoms with Gasteiger partial charge < -0.3 is 9.47 Å². The van der Waals surface area contributed by atoms with E-state index in [0.29, 0.717) is 12.2 Å². The summed E-state index contributed by atoms with van der Waals surface area (Å²) in [6, 6.07) is 9.58. The molecule has 1 heterocycles. The molecule has 0 aliphatic carbocycles. The predicted molar refractivity (Wildman–Crippen MR) is 124 cm³/mol. The summed E-state index contributed by atoms with van der Waals surface area (Å²) in [6.45, 7) is 7.98. The summed E-state index contributed by atoms with van der Waals surface area (Å²) in [5, 5.41) is 5.07. The van der Waals surface area contributed by atoms with Gasteiger partial charge in [-0.15, -0.1) is 0 Å². The first-order chi connectivity index (χ1) is 14.7. The van der Waals surface area contributed by atoms with Crippen molar-refractivity contribution in [3.05, 3.63) is 80.6 Å². The number of halogens is 1. The Morgan fingerprint density at radius 2 is 1.81 bits per heavy atom. The number of rotatable bonds is 7. The first-order valence-corrected chi connectivity index (χ1v) is 10.4. The van der Waals surface area contributed by atoms with E-state index in [1.165, 1.54) is 0 Å². The van der Waals surface area contributed by atoms with Crippen LogP contribution in [0.3, 0.4) is 0 Å². The highest BCUT2D eigenvalue weighted by Gasteiger charge is 2.15. The third-order valence-electron chi connectivity index (χ3n) is 5.29. The average molecular weight is 439 g/mol. The highest BCUT2D eigenvalue weighted by atomic mass is 35.5. The lowest BCUT2D eigenvalue weighted by molar-refractivity contribution is 0.104. The van der Waals surface area contributed by atoms with Crippen molar-refractivity contribution in [3.63, 3.8) is 0 Å². The molecule has 0 amide bonds. The number of ketones is 1. The molecule has 2 aromatic carbocycles. The van der Waals surface area contributed by atoms with Gasteiger partial charge in [-0.25, -0.2) is 0 Å². The highest BCUT2D eigenvalue weighted by molar-refractivity contribution is 6.32. The lowest BCUT2D eigenvalue weighted by atomic mass is 10.1. The zero-order valence-corrected chi connectivity index (χ0v) is 19.5. The molecular weight excluding hydrogens is 412 g/mol. The second kappa shape index (κ2) is 9.40. The Kier molecular flexibility index (Phi) is 6.86. The molecule has 0 N–H and O–H groups in total. The van der Waals surface area contributed by atoms with E-state index in [4.69, 9.17) is 21.1 Å². The molecule has 0 atom stereocenters. The van der Waals surface area contributed by atoms with Crippen molar-refractivity contribution in [2.75, 3.05) is 7.11 Å². The van der Waals surface area contributed by atoms with Gasteiger partial charge in [0.1, 0.15) is 18.1 Å². The number of methoxy groups -OCH3 is 1. The molecule has 0 radical (unpaired) electrons. The van der Waals surface area contributed by atoms with Gasteiger partial charge in [0.2, 0.25) is 0 Å². The normalized spacial score (nSPS) is 11.2. The van der Waals surface area contributed by atoms with Gasteiger partial charge in [0.05, 0.1) is 18.4 Å². The molecule has 0 saturated carbocycles. The topological polar surface area (TPSA) is 53.3 Å². The predicted octanol–water partition coefficient (Wildman–Crippen LogP) is 5.79. The van der Waals surface area contributed by atoms with Crippen LogP contribution < -0.4 is 9.47 Å². The second-order valence-corrected chi connectivity index (χ2v) is 7.98. The fourth-order valence-electron chi connectivity index (χ4n) is 3.55. The highest BCUT2D eigenvalue weighted by Crippen LogP contribution is 2.28. The number of aryl methyl sites for hydroxylation is 4. The smallest absolute Gasteiger partial charge is 0.189 e. The molecule has 0 unspecified atom stereocenters. The van der Waals surface area contributed by atoms with Crippen LogP contribution in [0.15, 0.2) is 36.4 Å². The number of ether oxygens (including phenoxy) is 2. The van der Waals surface area contributed by atoms with Crippen LogP contribution in [0, 0.1) is 27.7 Å². The Hall–Kier alpha value is -3.05. The van der Waals surface area contributed by atoms with Crippen LogP contribution in [0.2, 0.25) is 5.02 Å². The summed E-state index contributed by atoms with van der Waals surface area (Å²) in [7, 11) is 3.46. The van der Waals surface area contributed by atoms with Gasteiger partial charge in [-0.2, -0.15) is 5.10 Å². The van der Waals surface area contributed by atoms with E-state index < -0.39 is 0 Å². The molecule has 0 fully saturated rings. The van der Waals surface area contributed by atoms with E-state index in [9.17, 15) is 4.79 Å². The number of hydrogen-bond donors (Lipinski definition) is 0. The fraction of sp³-hybridized carbons (Fsp3) is 0.280. The molecule has 6 heteroatoms. The van der Waals surface area contributed by atoms with E-state index in [-0.39, 0.29) is 5.78 Å². The molecule has 0 aliphatic heterocycles. The van der Waals surface area contributed by atoms with Crippen LogP contribution in [-0.4, -0.2) is 22.7 Å². The number of nitrogens with zero attached hydrogens (tertiary/aromatic N) is 2. The van der Waals surface area contributed by atoms with E-state index in [1.54, 1.807) is 23.9 Å². The Morgan fingerprint density at radius 3 is 2.39 bits per heavy atom. The zero-order chi connectivity index (χ0) is 22.7. The van der Waals surface area contributed by atoms with Crippen molar-refractivity contribution in [2.45, 2.75) is 34.3 Å². The number of aromatic nitrogens is 2. The minimum Gasteiger partial charge on any atom is -0.496 e. The molecule has 3 aromatic rings. The molecule has 0 saturated heterocycles. The number of carbonyl (C=O) groups excluding carboxylic acids is 1. The molecule has 0 bridgehead atoms. The van der Waals surface area contributed by atoms with Crippen LogP contribution in [0.5, 0.6) is 11.5 Å². The van der Waals surface area contributed by atoms with Crippen molar-refractivity contribution in [3.8, 4) is 11.5 Å². The molecule has 5 nitrogen and oxygen atoms in total. The molecule has 162 valence electrons. The van der Waals surface area contributed by atoms with E-state index in [1.807, 2.05) is 65.1 Å². The minimum absolute atomic E-state index is 0.0659. The number of benzene rings is 2. The number of hydrogen-bond acceptors (Lipinski definition) is 4. The van der Waals surface area contributed by atoms with Gasteiger partial charge in [0, 0.05) is 23.3 Å². The first kappa shape index (κ1) is 22.6. The third kappa shape index (κ3) is 5.00. The van der Waals surface area contributed by atoms with Crippen LogP contribution in [-0.2, 0) is 13.7 Å². The summed E-state index contributed by atoms with van der Waals surface area (Å²) in [6.07, 6.45) is 3.38. The lowest BCUT2D eigenvalue weighted by Crippen LogP contribution is -2.01. The standard InChI is InChI=1S/C25H27ClN2O3/c1-15-11-21(12-16(2)25(15)26)31-14-20-13-19(8-10-23(20)30-6)7-9-22(29)24-17(3)27-28(5)18(24)4/h7-13H,14H2,1-6H3/b9-7+. The summed E-state index contributed by atoms with van der Waals surface area (Å²) >= 11 is 6.24. The molecule has 3 rings (SSSR count). The summed E-state index contributed by atoms with van der Waals surface area (Å²) in [5.41, 5.74) is 5.94. The zero-order valence-electron chi connectivity index (χ0n) is 18.7. The maximum absolute atomic E-state index is 12.7. The molecule has 31 heavy (non-hydrogen) atoms. The van der Waals surface area contributed by atoms with Gasteiger partial charge in [-0.05, 0) is 74.7 Å². The van der Waals surface area contributed by atoms with Crippen LogP contribution >= 0.6 is 11.6 Å². The van der Waals surface area contributed by atoms with Crippen molar-refractivity contribution in [1.29, 1.82) is 0 Å². The van der Waals surface area contributed by atoms with Crippen LogP contribution in [0.1, 0.15) is 44.0 Å². The molecule has 0 aliphatic rings. The summed E-state index contributed by atoms with van der Waals surface area (Å²) in [4.78, 5) is 12.7. The Morgan fingerprint density at radius 1 is 1.13 bits per heavy atom. The quantitative estimate of drug-likeness (QED) is 0.346. The van der Waals surface area contributed by atoms with E-state index >= 15 is 0 Å². The van der Waals surface area contributed by atoms with Gasteiger partial charge in [-0.1, -0.05) is 23.7 Å². The van der Waals surface area contributed by atoms with Gasteiger partial charge in [0.15, 0.2) is 5.78 Å². The Bertz CT molecular complexity index is 1140. The van der Waals surface area contributed by atoms with E-state index in [2.05, 4.69) is 5.10 Å². The third-order valence-corrected chi connectivity index (χ3v) is 5.89. The maximum Gasteiger partial charge on any atom is 0.189 e. The van der Waals surface area contributed by atoms with Crippen molar-refractivity contribution in [1.82, 2.24) is 9.78 Å². The number of allylic oxidation sites excluding steroid dienone is 1. The average Bonchev–Trinajstić information content (AvgIpc) is 2.99. The Balaban J connectivity index is 1.80. The summed E-state index contributed by atoms with van der Waals surface area (Å²) in [5.74, 6) is 1.41. The molecule has 0 spiro atoms. The van der Waals surface area contributed by atoms with Crippen molar-refractivity contribution < 1.29 is 14.3 Å². The monoisotopic (exact) mass is 438 g/mol. The number of carbonyl (C=O) groups is 1. The first-order valence-electron chi connectivity index (χ1n) is 10.00. The Labute approximate surface area is 188 Å². The molecular formula is C25H27ClN2O3. The van der Waals surface area contributed by atoms with Crippen LogP contribution in [0.4, 0.5) is 0 Å². The van der Waals surface area contributed by atoms with Crippen molar-refractivity contribution >= 4 is 23.5 Å².